The molecule has 130 valence electrons. The molecular weight excluding hydrogens is 342 g/mol. The van der Waals surface area contributed by atoms with Crippen molar-refractivity contribution < 1.29 is 23.4 Å². The summed E-state index contributed by atoms with van der Waals surface area (Å²) in [5.74, 6) is -3.18. The minimum absolute atomic E-state index is 0.00174. The summed E-state index contributed by atoms with van der Waals surface area (Å²) >= 11 is 0. The van der Waals surface area contributed by atoms with Gasteiger partial charge in [0.1, 0.15) is 16.9 Å². The molecule has 2 heterocycles. The van der Waals surface area contributed by atoms with E-state index < -0.39 is 17.6 Å². The number of carboxylic acids is 1. The first kappa shape index (κ1) is 16.0. The Balaban J connectivity index is 2.01. The smallest absolute Gasteiger partial charge is 0.339 e. The van der Waals surface area contributed by atoms with Crippen molar-refractivity contribution in [2.45, 2.75) is 0 Å². The minimum atomic E-state index is -1.22. The summed E-state index contributed by atoms with van der Waals surface area (Å²) in [6.45, 7) is 0. The predicted octanol–water partition coefficient (Wildman–Crippen LogP) is 4.52. The average molecular weight is 354 g/mol. The van der Waals surface area contributed by atoms with E-state index in [-0.39, 0.29) is 34.1 Å². The Morgan fingerprint density at radius 1 is 1.08 bits per heavy atom. The molecule has 0 saturated carbocycles. The maximum Gasteiger partial charge on any atom is 0.339 e. The SMILES string of the molecule is COc1c2c(F)c(F)c(-c3ccccc3)c1N2c1ncccc1C(=O)O. The van der Waals surface area contributed by atoms with Gasteiger partial charge in [0.25, 0.3) is 0 Å². The molecule has 0 unspecified atom stereocenters. The van der Waals surface area contributed by atoms with Crippen LogP contribution in [0.15, 0.2) is 48.7 Å². The van der Waals surface area contributed by atoms with Crippen molar-refractivity contribution in [2.75, 3.05) is 12.0 Å². The molecule has 0 spiro atoms. The number of fused-ring (bicyclic) bond motifs is 2. The average Bonchev–Trinajstić information content (AvgIpc) is 2.64. The fourth-order valence-corrected chi connectivity index (χ4v) is 3.13. The highest BCUT2D eigenvalue weighted by Gasteiger charge is 2.43. The molecule has 2 bridgehead atoms. The summed E-state index contributed by atoms with van der Waals surface area (Å²) in [4.78, 5) is 16.9. The summed E-state index contributed by atoms with van der Waals surface area (Å²) in [6.07, 6.45) is 1.39. The van der Waals surface area contributed by atoms with E-state index in [9.17, 15) is 18.7 Å². The molecule has 1 aliphatic heterocycles. The molecule has 0 aliphatic carbocycles. The second-order valence-electron chi connectivity index (χ2n) is 5.61. The van der Waals surface area contributed by atoms with Gasteiger partial charge in [0.15, 0.2) is 23.2 Å². The molecule has 0 fully saturated rings. The van der Waals surface area contributed by atoms with Crippen LogP contribution in [0.25, 0.3) is 11.1 Å². The number of hydrogen-bond donors (Lipinski definition) is 1. The van der Waals surface area contributed by atoms with Crippen molar-refractivity contribution in [2.24, 2.45) is 0 Å². The normalized spacial score (nSPS) is 11.9. The number of halogens is 2. The molecule has 5 nitrogen and oxygen atoms in total. The zero-order valence-electron chi connectivity index (χ0n) is 13.5. The number of pyridine rings is 1. The van der Waals surface area contributed by atoms with E-state index in [0.717, 1.165) is 0 Å². The van der Waals surface area contributed by atoms with Crippen LogP contribution in [-0.4, -0.2) is 23.2 Å². The first-order valence-electron chi connectivity index (χ1n) is 7.69. The largest absolute Gasteiger partial charge is 0.492 e. The third-order valence-electron chi connectivity index (χ3n) is 4.23. The van der Waals surface area contributed by atoms with E-state index in [1.54, 1.807) is 30.3 Å². The molecule has 2 aromatic carbocycles. The van der Waals surface area contributed by atoms with Gasteiger partial charge in [0.2, 0.25) is 0 Å². The van der Waals surface area contributed by atoms with Gasteiger partial charge in [-0.05, 0) is 17.7 Å². The number of ether oxygens (including phenoxy) is 1. The fraction of sp³-hybridized carbons (Fsp3) is 0.0526. The minimum Gasteiger partial charge on any atom is -0.492 e. The highest BCUT2D eigenvalue weighted by Crippen LogP contribution is 2.62. The van der Waals surface area contributed by atoms with Gasteiger partial charge in [-0.3, -0.25) is 4.90 Å². The zero-order chi connectivity index (χ0) is 18.4. The van der Waals surface area contributed by atoms with Crippen molar-refractivity contribution >= 4 is 23.2 Å². The van der Waals surface area contributed by atoms with Gasteiger partial charge in [0.05, 0.1) is 7.11 Å². The number of nitrogens with zero attached hydrogens (tertiary/aromatic N) is 2. The molecule has 0 saturated heterocycles. The summed E-state index contributed by atoms with van der Waals surface area (Å²) in [5.41, 5.74) is 0.396. The Hall–Kier alpha value is -3.48. The van der Waals surface area contributed by atoms with Crippen molar-refractivity contribution in [1.82, 2.24) is 4.98 Å². The summed E-state index contributed by atoms with van der Waals surface area (Å²) < 4.78 is 34.7. The first-order chi connectivity index (χ1) is 12.6. The van der Waals surface area contributed by atoms with E-state index in [1.165, 1.54) is 30.3 Å². The van der Waals surface area contributed by atoms with Crippen molar-refractivity contribution in [1.29, 1.82) is 0 Å². The second kappa shape index (κ2) is 5.80. The topological polar surface area (TPSA) is 62.7 Å². The number of rotatable bonds is 4. The van der Waals surface area contributed by atoms with E-state index in [2.05, 4.69) is 4.98 Å². The predicted molar refractivity (Wildman–Crippen MR) is 91.3 cm³/mol. The summed E-state index contributed by atoms with van der Waals surface area (Å²) in [6, 6.07) is 11.3. The third-order valence-corrected chi connectivity index (χ3v) is 4.23. The lowest BCUT2D eigenvalue weighted by atomic mass is 9.93. The van der Waals surface area contributed by atoms with Crippen LogP contribution >= 0.6 is 0 Å². The van der Waals surface area contributed by atoms with Crippen LogP contribution in [0.1, 0.15) is 10.4 Å². The van der Waals surface area contributed by atoms with Gasteiger partial charge in [0, 0.05) is 11.8 Å². The quantitative estimate of drug-likeness (QED) is 0.584. The monoisotopic (exact) mass is 354 g/mol. The van der Waals surface area contributed by atoms with Crippen LogP contribution in [0, 0.1) is 11.6 Å². The summed E-state index contributed by atoms with van der Waals surface area (Å²) in [5, 5.41) is 9.41. The van der Waals surface area contributed by atoms with Crippen LogP contribution < -0.4 is 9.64 Å². The molecule has 3 aromatic rings. The van der Waals surface area contributed by atoms with Crippen molar-refractivity contribution in [3.05, 3.63) is 65.9 Å². The molecule has 4 rings (SSSR count). The number of methoxy groups -OCH3 is 1. The fourth-order valence-electron chi connectivity index (χ4n) is 3.13. The van der Waals surface area contributed by atoms with Crippen LogP contribution in [-0.2, 0) is 0 Å². The highest BCUT2D eigenvalue weighted by molar-refractivity contribution is 6.07. The van der Waals surface area contributed by atoms with Crippen molar-refractivity contribution in [3.8, 4) is 16.9 Å². The Kier molecular flexibility index (Phi) is 3.57. The number of benzene rings is 2. The molecule has 1 aliphatic rings. The van der Waals surface area contributed by atoms with Crippen LogP contribution in [0.5, 0.6) is 5.75 Å². The van der Waals surface area contributed by atoms with Crippen molar-refractivity contribution in [3.63, 3.8) is 0 Å². The Morgan fingerprint density at radius 2 is 1.81 bits per heavy atom. The van der Waals surface area contributed by atoms with Gasteiger partial charge >= 0.3 is 5.97 Å². The van der Waals surface area contributed by atoms with E-state index >= 15 is 0 Å². The van der Waals surface area contributed by atoms with Gasteiger partial charge in [-0.2, -0.15) is 0 Å². The zero-order valence-corrected chi connectivity index (χ0v) is 13.5. The lowest BCUT2D eigenvalue weighted by molar-refractivity contribution is 0.0697. The van der Waals surface area contributed by atoms with E-state index in [0.29, 0.717) is 5.56 Å². The Morgan fingerprint density at radius 3 is 2.46 bits per heavy atom. The second-order valence-corrected chi connectivity index (χ2v) is 5.61. The molecule has 0 atom stereocenters. The number of carboxylic acid groups (broad SMARTS) is 1. The molecule has 1 N–H and O–H groups in total. The lowest BCUT2D eigenvalue weighted by Gasteiger charge is -2.39. The maximum atomic E-state index is 14.8. The van der Waals surface area contributed by atoms with Crippen LogP contribution in [0.2, 0.25) is 0 Å². The lowest BCUT2D eigenvalue weighted by Crippen LogP contribution is -2.27. The maximum absolute atomic E-state index is 14.8. The molecule has 0 amide bonds. The van der Waals surface area contributed by atoms with Gasteiger partial charge in [-0.25, -0.2) is 18.6 Å². The third kappa shape index (κ3) is 2.07. The van der Waals surface area contributed by atoms with Gasteiger partial charge in [-0.1, -0.05) is 30.3 Å². The molecule has 26 heavy (non-hydrogen) atoms. The number of hydrogen-bond acceptors (Lipinski definition) is 4. The van der Waals surface area contributed by atoms with Crippen LogP contribution in [0.3, 0.4) is 0 Å². The highest BCUT2D eigenvalue weighted by atomic mass is 19.2. The standard InChI is InChI=1S/C19H12F2N2O3/c1-26-17-15-12(10-6-3-2-4-7-10)13(20)14(21)16(17)23(15)18-11(19(24)25)8-5-9-22-18/h2-9H,1H3,(H,24,25). The van der Waals surface area contributed by atoms with E-state index in [4.69, 9.17) is 4.74 Å². The number of anilines is 3. The molecular formula is C19H12F2N2O3. The van der Waals surface area contributed by atoms with Crippen LogP contribution in [0.4, 0.5) is 26.0 Å². The Labute approximate surface area is 147 Å². The number of aromatic carboxylic acids is 1. The first-order valence-corrected chi connectivity index (χ1v) is 7.69. The number of carbonyl (C=O) groups is 1. The van der Waals surface area contributed by atoms with Gasteiger partial charge in [-0.15, -0.1) is 0 Å². The van der Waals surface area contributed by atoms with Gasteiger partial charge < -0.3 is 9.84 Å². The molecule has 1 aromatic heterocycles. The molecule has 7 heteroatoms. The molecule has 0 radical (unpaired) electrons. The Bertz CT molecular complexity index is 1040. The van der Waals surface area contributed by atoms with E-state index in [1.807, 2.05) is 0 Å². The number of aromatic nitrogens is 1. The summed E-state index contributed by atoms with van der Waals surface area (Å²) in [7, 11) is 1.35.